The average molecular weight is 268 g/mol. The third kappa shape index (κ3) is 6.44. The highest BCUT2D eigenvalue weighted by Gasteiger charge is 2.24. The summed E-state index contributed by atoms with van der Waals surface area (Å²) in [6.07, 6.45) is 6.66. The van der Waals surface area contributed by atoms with E-state index < -0.39 is 7.72 Å². The lowest BCUT2D eigenvalue weighted by Gasteiger charge is -2.27. The molecule has 0 spiro atoms. The molecule has 1 aliphatic carbocycles. The van der Waals surface area contributed by atoms with Crippen LogP contribution in [0.2, 0.25) is 0 Å². The fourth-order valence-corrected chi connectivity index (χ4v) is 3.01. The highest BCUT2D eigenvalue weighted by atomic mass is 31.2. The lowest BCUT2D eigenvalue weighted by Crippen LogP contribution is -2.24. The van der Waals surface area contributed by atoms with Crippen LogP contribution in [0.5, 0.6) is 0 Å². The number of nitrogens with one attached hydrogen (secondary N) is 1. The summed E-state index contributed by atoms with van der Waals surface area (Å²) in [6, 6.07) is 0. The van der Waals surface area contributed by atoms with E-state index in [1.54, 1.807) is 0 Å². The van der Waals surface area contributed by atoms with E-state index in [0.29, 0.717) is 12.4 Å². The van der Waals surface area contributed by atoms with Gasteiger partial charge >= 0.3 is 0 Å². The van der Waals surface area contributed by atoms with E-state index in [9.17, 15) is 9.79 Å². The van der Waals surface area contributed by atoms with E-state index in [1.165, 1.54) is 19.5 Å². The van der Waals surface area contributed by atoms with Gasteiger partial charge in [-0.1, -0.05) is 0 Å². The van der Waals surface area contributed by atoms with Crippen molar-refractivity contribution in [2.24, 2.45) is 5.92 Å². The van der Waals surface area contributed by atoms with Crippen LogP contribution in [0.3, 0.4) is 0 Å². The Morgan fingerprint density at radius 3 is 2.44 bits per heavy atom. The normalized spacial score (nSPS) is 27.0. The van der Waals surface area contributed by atoms with Crippen molar-refractivity contribution in [3.8, 4) is 0 Å². The lowest BCUT2D eigenvalue weighted by molar-refractivity contribution is 0.151. The highest BCUT2D eigenvalue weighted by molar-refractivity contribution is 7.63. The molecule has 1 unspecified atom stereocenters. The monoisotopic (exact) mass is 268 g/mol. The molecule has 0 amide bonds. The third-order valence-electron chi connectivity index (χ3n) is 3.13. The largest absolute Gasteiger partial charge is 0.362 e. The van der Waals surface area contributed by atoms with Crippen LogP contribution in [0.25, 0.3) is 0 Å². The molecular weight excluding hydrogens is 244 g/mol. The predicted octanol–water partition coefficient (Wildman–Crippen LogP) is 1.75. The van der Waals surface area contributed by atoms with Crippen LogP contribution in [0, 0.1) is 5.92 Å². The van der Waals surface area contributed by atoms with Crippen molar-refractivity contribution in [3.05, 3.63) is 0 Å². The summed E-state index contributed by atoms with van der Waals surface area (Å²) in [6.45, 7) is 2.38. The Labute approximate surface area is 101 Å². The van der Waals surface area contributed by atoms with E-state index in [-0.39, 0.29) is 0 Å². The van der Waals surface area contributed by atoms with E-state index in [4.69, 9.17) is 4.52 Å². The maximum atomic E-state index is 9.21. The van der Waals surface area contributed by atoms with Gasteiger partial charge in [0, 0.05) is 9.47 Å². The van der Waals surface area contributed by atoms with Gasteiger partial charge in [0.15, 0.2) is 6.29 Å². The fourth-order valence-electron chi connectivity index (χ4n) is 2.15. The van der Waals surface area contributed by atoms with Gasteiger partial charge in [0.1, 0.15) is 6.66 Å². The van der Waals surface area contributed by atoms with Gasteiger partial charge in [-0.25, -0.2) is 9.79 Å². The summed E-state index contributed by atoms with van der Waals surface area (Å²) < 4.78 is 5.25. The minimum Gasteiger partial charge on any atom is -0.362 e. The second-order valence-corrected chi connectivity index (χ2v) is 7.58. The predicted molar refractivity (Wildman–Crippen MR) is 71.3 cm³/mol. The molecule has 16 heavy (non-hydrogen) atoms. The van der Waals surface area contributed by atoms with Crippen LogP contribution in [-0.2, 0) is 4.52 Å². The smallest absolute Gasteiger partial charge is 0.278 e. The molecule has 0 aromatic heterocycles. The summed E-state index contributed by atoms with van der Waals surface area (Å²) in [4.78, 5) is 18.4. The first-order valence-electron chi connectivity index (χ1n) is 5.88. The van der Waals surface area contributed by atoms with Crippen LogP contribution in [-0.4, -0.2) is 35.4 Å². The molecule has 4 nitrogen and oxygen atoms in total. The molecule has 0 aliphatic heterocycles. The molecule has 1 fully saturated rings. The number of rotatable bonds is 6. The molecule has 0 aromatic carbocycles. The standard InChI is InChI=1S/C10H24NO3P2/c1-16(12,13)8-11-7-6-9-2-4-10(14-15)5-3-9/h9-13H,2-8,15H2,1H3/q+1. The van der Waals surface area contributed by atoms with Crippen LogP contribution < -0.4 is 5.32 Å². The second-order valence-electron chi connectivity index (χ2n) is 4.81. The maximum absolute atomic E-state index is 9.21. The zero-order valence-electron chi connectivity index (χ0n) is 9.93. The summed E-state index contributed by atoms with van der Waals surface area (Å²) in [5.74, 6) is 0.769. The molecule has 0 radical (unpaired) electrons. The Hall–Kier alpha value is 0.700. The van der Waals surface area contributed by atoms with Gasteiger partial charge in [-0.3, -0.25) is 5.32 Å². The molecule has 0 heterocycles. The molecule has 0 aromatic rings. The Kier molecular flexibility index (Phi) is 6.65. The van der Waals surface area contributed by atoms with Gasteiger partial charge in [0.05, 0.1) is 6.10 Å². The fraction of sp³-hybridized carbons (Fsp3) is 1.00. The zero-order valence-corrected chi connectivity index (χ0v) is 12.0. The van der Waals surface area contributed by atoms with Crippen molar-refractivity contribution >= 4 is 17.2 Å². The first kappa shape index (κ1) is 14.8. The third-order valence-corrected chi connectivity index (χ3v) is 4.33. The molecule has 1 rings (SSSR count). The van der Waals surface area contributed by atoms with Crippen molar-refractivity contribution in [1.29, 1.82) is 0 Å². The molecule has 1 saturated carbocycles. The van der Waals surface area contributed by atoms with Crippen molar-refractivity contribution in [1.82, 2.24) is 5.32 Å². The van der Waals surface area contributed by atoms with Crippen LogP contribution in [0.15, 0.2) is 0 Å². The highest BCUT2D eigenvalue weighted by Crippen LogP contribution is 2.43. The Balaban J connectivity index is 2.02. The van der Waals surface area contributed by atoms with E-state index in [0.717, 1.165) is 31.7 Å². The van der Waals surface area contributed by atoms with E-state index in [2.05, 4.69) is 14.8 Å². The van der Waals surface area contributed by atoms with Gasteiger partial charge in [0.25, 0.3) is 7.72 Å². The Morgan fingerprint density at radius 1 is 1.31 bits per heavy atom. The number of hydrogen-bond donors (Lipinski definition) is 3. The topological polar surface area (TPSA) is 61.7 Å². The van der Waals surface area contributed by atoms with Gasteiger partial charge < -0.3 is 4.52 Å². The van der Waals surface area contributed by atoms with Gasteiger partial charge in [-0.15, -0.1) is 0 Å². The van der Waals surface area contributed by atoms with E-state index in [1.807, 2.05) is 0 Å². The van der Waals surface area contributed by atoms with Crippen molar-refractivity contribution in [2.75, 3.05) is 19.5 Å². The quantitative estimate of drug-likeness (QED) is 0.507. The SMILES string of the molecule is C[P+](O)(O)CNCCC1CCC(OP)CC1. The molecular formula is C10H24NO3P2+. The molecule has 1 aliphatic rings. The van der Waals surface area contributed by atoms with Gasteiger partial charge in [-0.2, -0.15) is 0 Å². The lowest BCUT2D eigenvalue weighted by atomic mass is 9.85. The van der Waals surface area contributed by atoms with Crippen molar-refractivity contribution < 1.29 is 14.3 Å². The minimum absolute atomic E-state index is 0.344. The van der Waals surface area contributed by atoms with Crippen LogP contribution in [0.1, 0.15) is 32.1 Å². The first-order chi connectivity index (χ1) is 7.51. The van der Waals surface area contributed by atoms with Gasteiger partial charge in [0.2, 0.25) is 0 Å². The van der Waals surface area contributed by atoms with Crippen molar-refractivity contribution in [2.45, 2.75) is 38.2 Å². The summed E-state index contributed by atoms with van der Waals surface area (Å²) in [5.41, 5.74) is 0. The molecule has 1 atom stereocenters. The molecule has 0 bridgehead atoms. The molecule has 6 heteroatoms. The summed E-state index contributed by atoms with van der Waals surface area (Å²) in [5, 5.41) is 3.11. The summed E-state index contributed by atoms with van der Waals surface area (Å²) >= 11 is 0. The molecule has 3 N–H and O–H groups in total. The van der Waals surface area contributed by atoms with Crippen LogP contribution >= 0.6 is 17.2 Å². The zero-order chi connectivity index (χ0) is 12.0. The molecule has 0 saturated heterocycles. The maximum Gasteiger partial charge on any atom is 0.278 e. The first-order valence-corrected chi connectivity index (χ1v) is 8.68. The number of hydrogen-bond acceptors (Lipinski definition) is 4. The summed E-state index contributed by atoms with van der Waals surface area (Å²) in [7, 11) is -0.282. The average Bonchev–Trinajstić information content (AvgIpc) is 2.24. The van der Waals surface area contributed by atoms with Gasteiger partial charge in [-0.05, 0) is 44.6 Å². The van der Waals surface area contributed by atoms with Crippen LogP contribution in [0.4, 0.5) is 0 Å². The Bertz CT molecular complexity index is 191. The minimum atomic E-state index is -2.63. The van der Waals surface area contributed by atoms with Crippen molar-refractivity contribution in [3.63, 3.8) is 0 Å². The Morgan fingerprint density at radius 2 is 1.94 bits per heavy atom. The molecule has 96 valence electrons. The second kappa shape index (κ2) is 7.20. The van der Waals surface area contributed by atoms with E-state index >= 15 is 0 Å².